The van der Waals surface area contributed by atoms with E-state index >= 15 is 0 Å². The fraction of sp³-hybridized carbons (Fsp3) is 0.545. The number of halogens is 2. The number of rotatable bonds is 3. The van der Waals surface area contributed by atoms with Gasteiger partial charge in [-0.25, -0.2) is 0 Å². The molecule has 1 aliphatic rings. The maximum absolute atomic E-state index is 11.7. The molecule has 2 atom stereocenters. The molecule has 1 heterocycles. The third-order valence-electron chi connectivity index (χ3n) is 2.95. The van der Waals surface area contributed by atoms with Gasteiger partial charge in [-0.1, -0.05) is 6.42 Å². The zero-order chi connectivity index (χ0) is 11.5. The molecule has 88 valence electrons. The highest BCUT2D eigenvalue weighted by Gasteiger charge is 2.25. The first-order chi connectivity index (χ1) is 7.68. The quantitative estimate of drug-likeness (QED) is 0.872. The van der Waals surface area contributed by atoms with Crippen LogP contribution >= 0.6 is 27.5 Å². The summed E-state index contributed by atoms with van der Waals surface area (Å²) < 4.78 is 5.48. The molecule has 0 saturated heterocycles. The van der Waals surface area contributed by atoms with Gasteiger partial charge in [-0.3, -0.25) is 4.79 Å². The number of nitrogens with one attached hydrogen (secondary N) is 1. The van der Waals surface area contributed by atoms with Crippen LogP contribution in [-0.4, -0.2) is 17.8 Å². The fourth-order valence-corrected chi connectivity index (χ4v) is 2.79. The molecule has 16 heavy (non-hydrogen) atoms. The first kappa shape index (κ1) is 12.0. The summed E-state index contributed by atoms with van der Waals surface area (Å²) in [6.07, 6.45) is 4.79. The van der Waals surface area contributed by atoms with Crippen LogP contribution in [0.4, 0.5) is 0 Å². The Hall–Kier alpha value is -0.480. The Morgan fingerprint density at radius 1 is 1.62 bits per heavy atom. The molecule has 1 N–H and O–H groups in total. The number of amides is 1. The Morgan fingerprint density at radius 3 is 3.00 bits per heavy atom. The molecule has 1 aliphatic carbocycles. The van der Waals surface area contributed by atoms with Gasteiger partial charge in [-0.05, 0) is 40.8 Å². The predicted molar refractivity (Wildman–Crippen MR) is 65.7 cm³/mol. The van der Waals surface area contributed by atoms with E-state index in [1.807, 2.05) is 0 Å². The third kappa shape index (κ3) is 2.61. The second-order valence-electron chi connectivity index (χ2n) is 4.02. The Bertz CT molecular complexity index is 380. The van der Waals surface area contributed by atoms with Gasteiger partial charge in [0.1, 0.15) is 0 Å². The van der Waals surface area contributed by atoms with E-state index in [1.54, 1.807) is 6.07 Å². The van der Waals surface area contributed by atoms with Gasteiger partial charge in [0.15, 0.2) is 4.67 Å². The Kier molecular flexibility index (Phi) is 3.92. The van der Waals surface area contributed by atoms with Gasteiger partial charge < -0.3 is 9.73 Å². The van der Waals surface area contributed by atoms with Crippen molar-refractivity contribution in [2.75, 3.05) is 6.54 Å². The molecular formula is C11H13BrClNO2. The second-order valence-corrected chi connectivity index (χ2v) is 5.31. The summed E-state index contributed by atoms with van der Waals surface area (Å²) in [5, 5.41) is 3.09. The number of alkyl halides is 1. The van der Waals surface area contributed by atoms with Crippen molar-refractivity contribution >= 4 is 33.4 Å². The molecule has 5 heteroatoms. The molecule has 0 aromatic carbocycles. The van der Waals surface area contributed by atoms with E-state index in [0.29, 0.717) is 22.7 Å². The topological polar surface area (TPSA) is 42.2 Å². The fourth-order valence-electron chi connectivity index (χ4n) is 2.00. The average Bonchev–Trinajstić information content (AvgIpc) is 2.84. The van der Waals surface area contributed by atoms with Crippen LogP contribution in [0.3, 0.4) is 0 Å². The summed E-state index contributed by atoms with van der Waals surface area (Å²) in [6, 6.07) is 1.65. The van der Waals surface area contributed by atoms with Gasteiger partial charge in [-0.2, -0.15) is 0 Å². The minimum atomic E-state index is -0.114. The van der Waals surface area contributed by atoms with Crippen molar-refractivity contribution in [1.82, 2.24) is 5.32 Å². The van der Waals surface area contributed by atoms with Crippen molar-refractivity contribution in [1.29, 1.82) is 0 Å². The van der Waals surface area contributed by atoms with E-state index < -0.39 is 0 Å². The van der Waals surface area contributed by atoms with Crippen molar-refractivity contribution in [3.63, 3.8) is 0 Å². The van der Waals surface area contributed by atoms with Crippen molar-refractivity contribution in [3.05, 3.63) is 22.6 Å². The molecule has 0 radical (unpaired) electrons. The number of furan rings is 1. The van der Waals surface area contributed by atoms with Gasteiger partial charge >= 0.3 is 0 Å². The Morgan fingerprint density at radius 2 is 2.44 bits per heavy atom. The lowest BCUT2D eigenvalue weighted by Gasteiger charge is -2.13. The first-order valence-electron chi connectivity index (χ1n) is 5.33. The summed E-state index contributed by atoms with van der Waals surface area (Å²) in [7, 11) is 0. The van der Waals surface area contributed by atoms with Crippen LogP contribution in [0, 0.1) is 5.92 Å². The van der Waals surface area contributed by atoms with E-state index in [-0.39, 0.29) is 11.3 Å². The van der Waals surface area contributed by atoms with Crippen molar-refractivity contribution in [2.24, 2.45) is 5.92 Å². The monoisotopic (exact) mass is 305 g/mol. The molecule has 1 fully saturated rings. The smallest absolute Gasteiger partial charge is 0.255 e. The van der Waals surface area contributed by atoms with E-state index in [2.05, 4.69) is 21.2 Å². The molecule has 1 aromatic rings. The van der Waals surface area contributed by atoms with Gasteiger partial charge in [0, 0.05) is 11.9 Å². The number of hydrogen-bond acceptors (Lipinski definition) is 2. The summed E-state index contributed by atoms with van der Waals surface area (Å²) in [5.74, 6) is 0.285. The van der Waals surface area contributed by atoms with Crippen molar-refractivity contribution < 1.29 is 9.21 Å². The van der Waals surface area contributed by atoms with E-state index in [0.717, 1.165) is 19.3 Å². The van der Waals surface area contributed by atoms with Crippen LogP contribution in [0.15, 0.2) is 21.4 Å². The maximum atomic E-state index is 11.7. The van der Waals surface area contributed by atoms with Crippen molar-refractivity contribution in [2.45, 2.75) is 24.6 Å². The average molecular weight is 307 g/mol. The third-order valence-corrected chi connectivity index (χ3v) is 4.14. The molecule has 1 amide bonds. The molecule has 1 aromatic heterocycles. The largest absolute Gasteiger partial charge is 0.457 e. The molecular weight excluding hydrogens is 293 g/mol. The second kappa shape index (κ2) is 5.23. The van der Waals surface area contributed by atoms with Gasteiger partial charge in [0.25, 0.3) is 5.91 Å². The van der Waals surface area contributed by atoms with E-state index in [4.69, 9.17) is 16.0 Å². The summed E-state index contributed by atoms with van der Waals surface area (Å²) in [6.45, 7) is 0.643. The maximum Gasteiger partial charge on any atom is 0.255 e. The SMILES string of the molecule is O=C(NCC1CCCC1Cl)c1ccoc1Br. The van der Waals surface area contributed by atoms with Gasteiger partial charge in [-0.15, -0.1) is 11.6 Å². The highest BCUT2D eigenvalue weighted by Crippen LogP contribution is 2.29. The number of carbonyl (C=O) groups excluding carboxylic acids is 1. The molecule has 2 unspecified atom stereocenters. The summed E-state index contributed by atoms with van der Waals surface area (Å²) in [5.41, 5.74) is 0.532. The van der Waals surface area contributed by atoms with Crippen LogP contribution in [0.25, 0.3) is 0 Å². The zero-order valence-corrected chi connectivity index (χ0v) is 11.1. The van der Waals surface area contributed by atoms with Gasteiger partial charge in [0.2, 0.25) is 0 Å². The molecule has 0 spiro atoms. The Labute approximate surface area is 108 Å². The highest BCUT2D eigenvalue weighted by molar-refractivity contribution is 9.10. The first-order valence-corrected chi connectivity index (χ1v) is 6.56. The lowest BCUT2D eigenvalue weighted by atomic mass is 10.1. The predicted octanol–water partition coefficient (Wildman–Crippen LogP) is 3.18. The molecule has 0 bridgehead atoms. The standard InChI is InChI=1S/C11H13BrClNO2/c12-10-8(4-5-16-10)11(15)14-6-7-2-1-3-9(7)13/h4-5,7,9H,1-3,6H2,(H,14,15). The highest BCUT2D eigenvalue weighted by atomic mass is 79.9. The number of carbonyl (C=O) groups is 1. The normalized spacial score (nSPS) is 24.6. The molecule has 2 rings (SSSR count). The van der Waals surface area contributed by atoms with Gasteiger partial charge in [0.05, 0.1) is 11.8 Å². The van der Waals surface area contributed by atoms with Crippen molar-refractivity contribution in [3.8, 4) is 0 Å². The van der Waals surface area contributed by atoms with Crippen LogP contribution < -0.4 is 5.32 Å². The minimum Gasteiger partial charge on any atom is -0.457 e. The summed E-state index contributed by atoms with van der Waals surface area (Å²) >= 11 is 9.32. The van der Waals surface area contributed by atoms with E-state index in [1.165, 1.54) is 6.26 Å². The Balaban J connectivity index is 1.86. The number of hydrogen-bond donors (Lipinski definition) is 1. The van der Waals surface area contributed by atoms with Crippen LogP contribution in [-0.2, 0) is 0 Å². The van der Waals surface area contributed by atoms with Crippen LogP contribution in [0.1, 0.15) is 29.6 Å². The lowest BCUT2D eigenvalue weighted by Crippen LogP contribution is -2.31. The minimum absolute atomic E-state index is 0.114. The molecule has 3 nitrogen and oxygen atoms in total. The summed E-state index contributed by atoms with van der Waals surface area (Å²) in [4.78, 5) is 11.7. The van der Waals surface area contributed by atoms with Crippen LogP contribution in [0.2, 0.25) is 0 Å². The lowest BCUT2D eigenvalue weighted by molar-refractivity contribution is 0.0946. The molecule has 0 aliphatic heterocycles. The van der Waals surface area contributed by atoms with E-state index in [9.17, 15) is 4.79 Å². The zero-order valence-electron chi connectivity index (χ0n) is 8.71. The molecule has 1 saturated carbocycles. The van der Waals surface area contributed by atoms with Crippen LogP contribution in [0.5, 0.6) is 0 Å².